The van der Waals surface area contributed by atoms with E-state index in [-0.39, 0.29) is 17.3 Å². The van der Waals surface area contributed by atoms with Gasteiger partial charge in [-0.3, -0.25) is 0 Å². The summed E-state index contributed by atoms with van der Waals surface area (Å²) < 4.78 is 30.9. The smallest absolute Gasteiger partial charge is 0.354 e. The zero-order chi connectivity index (χ0) is 14.0. The van der Waals surface area contributed by atoms with E-state index in [0.717, 1.165) is 18.2 Å². The zero-order valence-corrected chi connectivity index (χ0v) is 11.5. The average Bonchev–Trinajstić information content (AvgIpc) is 2.82. The SMILES string of the molecule is COC(=O)C1(CBr)CC(c2cc(F)cc(F)c2)=NO1. The van der Waals surface area contributed by atoms with Crippen molar-refractivity contribution in [3.63, 3.8) is 0 Å². The van der Waals surface area contributed by atoms with Crippen molar-refractivity contribution in [1.82, 2.24) is 0 Å². The molecular weight excluding hydrogens is 324 g/mol. The van der Waals surface area contributed by atoms with E-state index >= 15 is 0 Å². The van der Waals surface area contributed by atoms with Crippen LogP contribution in [0.15, 0.2) is 23.4 Å². The summed E-state index contributed by atoms with van der Waals surface area (Å²) in [4.78, 5) is 16.8. The first-order valence-corrected chi connectivity index (χ1v) is 6.49. The van der Waals surface area contributed by atoms with Crippen molar-refractivity contribution in [3.8, 4) is 0 Å². The highest BCUT2D eigenvalue weighted by atomic mass is 79.9. The van der Waals surface area contributed by atoms with Gasteiger partial charge in [0, 0.05) is 18.1 Å². The second-order valence-electron chi connectivity index (χ2n) is 4.08. The third-order valence-electron chi connectivity index (χ3n) is 2.75. The molecule has 102 valence electrons. The Bertz CT molecular complexity index is 530. The third kappa shape index (κ3) is 2.60. The Morgan fingerprint density at radius 2 is 2.11 bits per heavy atom. The standard InChI is InChI=1S/C12H10BrF2NO3/c1-18-11(17)12(6-13)5-10(16-19-12)7-2-8(14)4-9(15)3-7/h2-4H,5-6H2,1H3. The molecule has 1 unspecified atom stereocenters. The topological polar surface area (TPSA) is 47.9 Å². The second-order valence-corrected chi connectivity index (χ2v) is 4.64. The number of esters is 1. The Hall–Kier alpha value is -1.50. The molecule has 0 fully saturated rings. The molecule has 0 N–H and O–H groups in total. The number of alkyl halides is 1. The van der Waals surface area contributed by atoms with Crippen LogP contribution >= 0.6 is 15.9 Å². The number of carbonyl (C=O) groups is 1. The summed E-state index contributed by atoms with van der Waals surface area (Å²) in [6, 6.07) is 3.03. The summed E-state index contributed by atoms with van der Waals surface area (Å²) in [5, 5.41) is 3.90. The molecule has 2 rings (SSSR count). The van der Waals surface area contributed by atoms with Crippen LogP contribution in [0.4, 0.5) is 8.78 Å². The molecule has 0 aliphatic carbocycles. The van der Waals surface area contributed by atoms with Crippen LogP contribution < -0.4 is 0 Å². The fourth-order valence-corrected chi connectivity index (χ4v) is 2.30. The molecule has 0 spiro atoms. The number of carbonyl (C=O) groups excluding carboxylic acids is 1. The molecule has 0 amide bonds. The molecule has 1 aromatic carbocycles. The number of benzene rings is 1. The number of methoxy groups -OCH3 is 1. The summed E-state index contributed by atoms with van der Waals surface area (Å²) in [5.41, 5.74) is -0.750. The van der Waals surface area contributed by atoms with Crippen molar-refractivity contribution >= 4 is 27.6 Å². The van der Waals surface area contributed by atoms with Crippen LogP contribution in [0.3, 0.4) is 0 Å². The van der Waals surface area contributed by atoms with Crippen molar-refractivity contribution in [2.24, 2.45) is 5.16 Å². The minimum absolute atomic E-state index is 0.0772. The monoisotopic (exact) mass is 333 g/mol. The van der Waals surface area contributed by atoms with Gasteiger partial charge in [-0.2, -0.15) is 0 Å². The largest absolute Gasteiger partial charge is 0.466 e. The van der Waals surface area contributed by atoms with E-state index in [1.165, 1.54) is 7.11 Å². The number of hydrogen-bond acceptors (Lipinski definition) is 4. The highest BCUT2D eigenvalue weighted by Gasteiger charge is 2.47. The van der Waals surface area contributed by atoms with Gasteiger partial charge in [-0.05, 0) is 12.1 Å². The van der Waals surface area contributed by atoms with Gasteiger partial charge in [0.25, 0.3) is 0 Å². The van der Waals surface area contributed by atoms with Crippen LogP contribution in [-0.2, 0) is 14.4 Å². The van der Waals surface area contributed by atoms with Gasteiger partial charge in [0.2, 0.25) is 5.60 Å². The number of oxime groups is 1. The molecular formula is C12H10BrF2NO3. The maximum atomic E-state index is 13.1. The first kappa shape index (κ1) is 13.9. The molecule has 0 aromatic heterocycles. The quantitative estimate of drug-likeness (QED) is 0.630. The summed E-state index contributed by atoms with van der Waals surface area (Å²) in [7, 11) is 1.23. The van der Waals surface area contributed by atoms with Gasteiger partial charge in [0.15, 0.2) is 0 Å². The van der Waals surface area contributed by atoms with Crippen LogP contribution in [0.25, 0.3) is 0 Å². The average molecular weight is 334 g/mol. The molecule has 0 radical (unpaired) electrons. The van der Waals surface area contributed by atoms with Crippen LogP contribution in [0.2, 0.25) is 0 Å². The molecule has 0 saturated heterocycles. The van der Waals surface area contributed by atoms with Crippen LogP contribution in [0, 0.1) is 11.6 Å². The highest BCUT2D eigenvalue weighted by Crippen LogP contribution is 2.30. The van der Waals surface area contributed by atoms with E-state index in [2.05, 4.69) is 25.8 Å². The van der Waals surface area contributed by atoms with Gasteiger partial charge >= 0.3 is 5.97 Å². The second kappa shape index (κ2) is 5.24. The van der Waals surface area contributed by atoms with Crippen molar-refractivity contribution in [3.05, 3.63) is 35.4 Å². The molecule has 0 bridgehead atoms. The lowest BCUT2D eigenvalue weighted by Crippen LogP contribution is -2.41. The summed E-state index contributed by atoms with van der Waals surface area (Å²) >= 11 is 3.16. The normalized spacial score (nSPS) is 21.8. The Labute approximate surface area is 116 Å². The molecule has 19 heavy (non-hydrogen) atoms. The van der Waals surface area contributed by atoms with E-state index in [4.69, 9.17) is 4.84 Å². The first-order chi connectivity index (χ1) is 9.00. The number of ether oxygens (including phenoxy) is 1. The summed E-state index contributed by atoms with van der Waals surface area (Å²) in [6.07, 6.45) is 0.0772. The molecule has 1 atom stereocenters. The summed E-state index contributed by atoms with van der Waals surface area (Å²) in [6.45, 7) is 0. The molecule has 4 nitrogen and oxygen atoms in total. The number of hydrogen-bond donors (Lipinski definition) is 0. The van der Waals surface area contributed by atoms with E-state index in [1.807, 2.05) is 0 Å². The number of nitrogens with zero attached hydrogens (tertiary/aromatic N) is 1. The Morgan fingerprint density at radius 3 is 2.63 bits per heavy atom. The zero-order valence-electron chi connectivity index (χ0n) is 9.95. The van der Waals surface area contributed by atoms with E-state index in [0.29, 0.717) is 5.71 Å². The number of halogens is 3. The molecule has 1 aliphatic rings. The fourth-order valence-electron chi connectivity index (χ4n) is 1.77. The summed E-state index contributed by atoms with van der Waals surface area (Å²) in [5.74, 6) is -2.03. The lowest BCUT2D eigenvalue weighted by atomic mass is 9.96. The van der Waals surface area contributed by atoms with E-state index in [9.17, 15) is 13.6 Å². The van der Waals surface area contributed by atoms with Crippen molar-refractivity contribution < 1.29 is 23.1 Å². The lowest BCUT2D eigenvalue weighted by Gasteiger charge is -2.20. The maximum absolute atomic E-state index is 13.1. The highest BCUT2D eigenvalue weighted by molar-refractivity contribution is 9.09. The number of rotatable bonds is 3. The first-order valence-electron chi connectivity index (χ1n) is 5.36. The van der Waals surface area contributed by atoms with Crippen LogP contribution in [-0.4, -0.2) is 29.7 Å². The molecule has 1 heterocycles. The van der Waals surface area contributed by atoms with Gasteiger partial charge in [0.1, 0.15) is 11.6 Å². The molecule has 1 aliphatic heterocycles. The predicted octanol–water partition coefficient (Wildman–Crippen LogP) is 2.40. The lowest BCUT2D eigenvalue weighted by molar-refractivity contribution is -0.163. The minimum Gasteiger partial charge on any atom is -0.466 e. The third-order valence-corrected chi connectivity index (χ3v) is 3.66. The van der Waals surface area contributed by atoms with E-state index < -0.39 is 23.2 Å². The fraction of sp³-hybridized carbons (Fsp3) is 0.333. The van der Waals surface area contributed by atoms with E-state index in [1.54, 1.807) is 0 Å². The Balaban J connectivity index is 2.28. The Kier molecular flexibility index (Phi) is 3.84. The molecule has 7 heteroatoms. The Morgan fingerprint density at radius 1 is 1.47 bits per heavy atom. The van der Waals surface area contributed by atoms with Crippen molar-refractivity contribution in [2.45, 2.75) is 12.0 Å². The predicted molar refractivity (Wildman–Crippen MR) is 67.1 cm³/mol. The van der Waals surface area contributed by atoms with Crippen LogP contribution in [0.1, 0.15) is 12.0 Å². The van der Waals surface area contributed by atoms with Gasteiger partial charge in [-0.1, -0.05) is 21.1 Å². The maximum Gasteiger partial charge on any atom is 0.354 e. The van der Waals surface area contributed by atoms with Crippen molar-refractivity contribution in [1.29, 1.82) is 0 Å². The van der Waals surface area contributed by atoms with Gasteiger partial charge in [0.05, 0.1) is 18.2 Å². The minimum atomic E-state index is -1.28. The molecule has 0 saturated carbocycles. The van der Waals surface area contributed by atoms with Gasteiger partial charge < -0.3 is 9.57 Å². The van der Waals surface area contributed by atoms with Gasteiger partial charge in [-0.15, -0.1) is 0 Å². The molecule has 1 aromatic rings. The van der Waals surface area contributed by atoms with Gasteiger partial charge in [-0.25, -0.2) is 13.6 Å². The van der Waals surface area contributed by atoms with Crippen LogP contribution in [0.5, 0.6) is 0 Å². The van der Waals surface area contributed by atoms with Crippen molar-refractivity contribution in [2.75, 3.05) is 12.4 Å².